The Kier molecular flexibility index (Phi) is 6.29. The zero-order chi connectivity index (χ0) is 22.0. The largest absolute Gasteiger partial charge is 0.345 e. The summed E-state index contributed by atoms with van der Waals surface area (Å²) in [7, 11) is -3.70. The Morgan fingerprint density at radius 1 is 1.16 bits per heavy atom. The number of H-pyrrole nitrogens is 1. The number of hydrogen-bond donors (Lipinski definition) is 2. The Labute approximate surface area is 186 Å². The van der Waals surface area contributed by atoms with Crippen LogP contribution in [0.25, 0.3) is 11.0 Å². The second kappa shape index (κ2) is 8.96. The van der Waals surface area contributed by atoms with Crippen LogP contribution in [0.1, 0.15) is 23.1 Å². The van der Waals surface area contributed by atoms with Crippen molar-refractivity contribution in [2.75, 3.05) is 32.7 Å². The second-order valence-corrected chi connectivity index (χ2v) is 9.71. The van der Waals surface area contributed by atoms with Gasteiger partial charge in [-0.15, -0.1) is 0 Å². The summed E-state index contributed by atoms with van der Waals surface area (Å²) in [5.74, 6) is 0.140. The van der Waals surface area contributed by atoms with Gasteiger partial charge in [-0.2, -0.15) is 4.31 Å². The van der Waals surface area contributed by atoms with Crippen molar-refractivity contribution < 1.29 is 13.2 Å². The van der Waals surface area contributed by atoms with Crippen molar-refractivity contribution in [3.8, 4) is 0 Å². The van der Waals surface area contributed by atoms with Crippen LogP contribution in [0.15, 0.2) is 47.4 Å². The van der Waals surface area contributed by atoms with Crippen molar-refractivity contribution in [1.29, 1.82) is 0 Å². The maximum Gasteiger partial charge on any atom is 0.253 e. The summed E-state index contributed by atoms with van der Waals surface area (Å²) in [5.41, 5.74) is 1.80. The first-order valence-electron chi connectivity index (χ1n) is 10.1. The molecule has 0 atom stereocenters. The van der Waals surface area contributed by atoms with Gasteiger partial charge in [0, 0.05) is 26.2 Å². The van der Waals surface area contributed by atoms with E-state index in [2.05, 4.69) is 27.1 Å². The van der Waals surface area contributed by atoms with Gasteiger partial charge in [0.25, 0.3) is 5.91 Å². The van der Waals surface area contributed by atoms with Gasteiger partial charge in [-0.3, -0.25) is 4.79 Å². The van der Waals surface area contributed by atoms with Crippen molar-refractivity contribution in [3.05, 3.63) is 58.9 Å². The van der Waals surface area contributed by atoms with Crippen LogP contribution < -0.4 is 5.32 Å². The van der Waals surface area contributed by atoms with E-state index in [0.717, 1.165) is 17.6 Å². The highest BCUT2D eigenvalue weighted by Crippen LogP contribution is 2.24. The zero-order valence-electron chi connectivity index (χ0n) is 17.1. The Balaban J connectivity index is 1.49. The Hall–Kier alpha value is -2.46. The number of likely N-dealkylation sites (N-methyl/N-ethyl adjacent to an activating group) is 1. The van der Waals surface area contributed by atoms with Gasteiger partial charge in [-0.1, -0.05) is 30.7 Å². The summed E-state index contributed by atoms with van der Waals surface area (Å²) in [6.07, 6.45) is 0. The van der Waals surface area contributed by atoms with Crippen LogP contribution in [-0.2, 0) is 16.6 Å². The number of hydrogen-bond acceptors (Lipinski definition) is 5. The molecule has 1 amide bonds. The molecule has 0 unspecified atom stereocenters. The van der Waals surface area contributed by atoms with E-state index in [1.54, 1.807) is 0 Å². The topological polar surface area (TPSA) is 98.4 Å². The fraction of sp³-hybridized carbons (Fsp3) is 0.333. The first kappa shape index (κ1) is 21.8. The van der Waals surface area contributed by atoms with Gasteiger partial charge < -0.3 is 15.2 Å². The third-order valence-electron chi connectivity index (χ3n) is 5.45. The number of rotatable bonds is 6. The van der Waals surface area contributed by atoms with E-state index in [4.69, 9.17) is 11.6 Å². The van der Waals surface area contributed by atoms with E-state index in [-0.39, 0.29) is 22.0 Å². The molecule has 0 saturated carbocycles. The molecule has 1 aromatic heterocycles. The maximum atomic E-state index is 13.1. The van der Waals surface area contributed by atoms with Crippen molar-refractivity contribution in [1.82, 2.24) is 24.5 Å². The lowest BCUT2D eigenvalue weighted by Gasteiger charge is -2.33. The number of para-hydroxylation sites is 2. The summed E-state index contributed by atoms with van der Waals surface area (Å²) in [6.45, 7) is 5.34. The van der Waals surface area contributed by atoms with Gasteiger partial charge >= 0.3 is 0 Å². The van der Waals surface area contributed by atoms with Crippen LogP contribution in [0.4, 0.5) is 0 Å². The molecule has 2 N–H and O–H groups in total. The molecule has 2 heterocycles. The number of aromatic nitrogens is 2. The lowest BCUT2D eigenvalue weighted by atomic mass is 10.2. The van der Waals surface area contributed by atoms with Crippen molar-refractivity contribution in [2.45, 2.75) is 18.4 Å². The molecule has 1 saturated heterocycles. The van der Waals surface area contributed by atoms with Crippen LogP contribution in [0, 0.1) is 0 Å². The first-order chi connectivity index (χ1) is 14.9. The third kappa shape index (κ3) is 4.59. The molecule has 1 aliphatic rings. The fourth-order valence-corrected chi connectivity index (χ4v) is 5.27. The van der Waals surface area contributed by atoms with Crippen LogP contribution in [0.2, 0.25) is 5.02 Å². The molecule has 0 spiro atoms. The van der Waals surface area contributed by atoms with Gasteiger partial charge in [0.2, 0.25) is 10.0 Å². The van der Waals surface area contributed by atoms with Crippen LogP contribution >= 0.6 is 11.6 Å². The second-order valence-electron chi connectivity index (χ2n) is 7.36. The number of nitrogens with zero attached hydrogens (tertiary/aromatic N) is 3. The number of aromatic amines is 1. The third-order valence-corrected chi connectivity index (χ3v) is 7.68. The van der Waals surface area contributed by atoms with Gasteiger partial charge in [0.1, 0.15) is 5.82 Å². The van der Waals surface area contributed by atoms with Crippen LogP contribution in [-0.4, -0.2) is 66.2 Å². The number of halogens is 1. The molecular weight excluding hydrogens is 438 g/mol. The number of piperazine rings is 1. The standard InChI is InChI=1S/C21H24ClN5O3S/c1-2-26-9-11-27(12-10-26)31(29,30)15-7-8-17(22)16(13-15)21(28)23-14-20-24-18-5-3-4-6-19(18)25-20/h3-8,13H,2,9-12,14H2,1H3,(H,23,28)(H,24,25). The number of fused-ring (bicyclic) bond motifs is 1. The summed E-state index contributed by atoms with van der Waals surface area (Å²) < 4.78 is 27.6. The van der Waals surface area contributed by atoms with E-state index < -0.39 is 15.9 Å². The molecule has 4 rings (SSSR count). The Bertz CT molecular complexity index is 1170. The first-order valence-corrected chi connectivity index (χ1v) is 11.9. The smallest absolute Gasteiger partial charge is 0.253 e. The maximum absolute atomic E-state index is 13.1. The quantitative estimate of drug-likeness (QED) is 0.587. The van der Waals surface area contributed by atoms with E-state index in [0.29, 0.717) is 32.0 Å². The molecule has 10 heteroatoms. The highest BCUT2D eigenvalue weighted by atomic mass is 35.5. The fourth-order valence-electron chi connectivity index (χ4n) is 3.62. The SMILES string of the molecule is CCN1CCN(S(=O)(=O)c2ccc(Cl)c(C(=O)NCc3nc4ccccc4[nH]3)c2)CC1. The summed E-state index contributed by atoms with van der Waals surface area (Å²) in [5, 5.41) is 2.95. The minimum atomic E-state index is -3.70. The molecular formula is C21H24ClN5O3S. The normalized spacial score (nSPS) is 15.9. The molecule has 0 aliphatic carbocycles. The van der Waals surface area contributed by atoms with Gasteiger partial charge in [-0.05, 0) is 36.9 Å². The Morgan fingerprint density at radius 3 is 2.61 bits per heavy atom. The van der Waals surface area contributed by atoms with Crippen molar-refractivity contribution in [2.24, 2.45) is 0 Å². The zero-order valence-corrected chi connectivity index (χ0v) is 18.7. The molecule has 0 radical (unpaired) electrons. The van der Waals surface area contributed by atoms with Crippen LogP contribution in [0.5, 0.6) is 0 Å². The monoisotopic (exact) mass is 461 g/mol. The Morgan fingerprint density at radius 2 is 1.90 bits per heavy atom. The molecule has 8 nitrogen and oxygen atoms in total. The molecule has 0 bridgehead atoms. The molecule has 1 aliphatic heterocycles. The number of nitrogens with one attached hydrogen (secondary N) is 2. The average Bonchev–Trinajstić information content (AvgIpc) is 3.20. The van der Waals surface area contributed by atoms with Crippen molar-refractivity contribution in [3.63, 3.8) is 0 Å². The lowest BCUT2D eigenvalue weighted by Crippen LogP contribution is -2.48. The van der Waals surface area contributed by atoms with Gasteiger partial charge in [-0.25, -0.2) is 13.4 Å². The number of amides is 1. The van der Waals surface area contributed by atoms with E-state index in [9.17, 15) is 13.2 Å². The molecule has 164 valence electrons. The molecule has 1 fully saturated rings. The predicted octanol–water partition coefficient (Wildman–Crippen LogP) is 2.47. The number of sulfonamides is 1. The van der Waals surface area contributed by atoms with E-state index >= 15 is 0 Å². The molecule has 3 aromatic rings. The van der Waals surface area contributed by atoms with E-state index in [1.165, 1.54) is 22.5 Å². The predicted molar refractivity (Wildman–Crippen MR) is 120 cm³/mol. The number of imidazole rings is 1. The summed E-state index contributed by atoms with van der Waals surface area (Å²) in [4.78, 5) is 22.6. The molecule has 31 heavy (non-hydrogen) atoms. The van der Waals surface area contributed by atoms with Crippen LogP contribution in [0.3, 0.4) is 0 Å². The van der Waals surface area contributed by atoms with Gasteiger partial charge in [0.05, 0.1) is 33.1 Å². The minimum Gasteiger partial charge on any atom is -0.345 e. The van der Waals surface area contributed by atoms with Gasteiger partial charge in [0.15, 0.2) is 0 Å². The highest BCUT2D eigenvalue weighted by Gasteiger charge is 2.29. The summed E-state index contributed by atoms with van der Waals surface area (Å²) >= 11 is 6.21. The highest BCUT2D eigenvalue weighted by molar-refractivity contribution is 7.89. The average molecular weight is 462 g/mol. The number of carbonyl (C=O) groups is 1. The lowest BCUT2D eigenvalue weighted by molar-refractivity contribution is 0.0950. The molecule has 2 aromatic carbocycles. The minimum absolute atomic E-state index is 0.0655. The number of carbonyl (C=O) groups excluding carboxylic acids is 1. The summed E-state index contributed by atoms with van der Waals surface area (Å²) in [6, 6.07) is 11.8. The van der Waals surface area contributed by atoms with Crippen molar-refractivity contribution >= 4 is 38.6 Å². The van der Waals surface area contributed by atoms with E-state index in [1.807, 2.05) is 24.3 Å². The number of benzene rings is 2.